The van der Waals surface area contributed by atoms with E-state index < -0.39 is 0 Å². The van der Waals surface area contributed by atoms with E-state index in [9.17, 15) is 4.79 Å². The molecule has 1 aromatic carbocycles. The van der Waals surface area contributed by atoms with Crippen molar-refractivity contribution in [2.45, 2.75) is 52.4 Å². The van der Waals surface area contributed by atoms with Crippen molar-refractivity contribution in [3.8, 4) is 11.8 Å². The Balaban J connectivity index is 2.54. The van der Waals surface area contributed by atoms with Gasteiger partial charge in [-0.05, 0) is 25.5 Å². The first-order valence-corrected chi connectivity index (χ1v) is 7.28. The molecule has 0 heterocycles. The Bertz CT molecular complexity index is 422. The summed E-state index contributed by atoms with van der Waals surface area (Å²) in [4.78, 5) is 11.3. The molecular formula is C18H24O. The summed E-state index contributed by atoms with van der Waals surface area (Å²) in [5.41, 5.74) is 1.03. The highest BCUT2D eigenvalue weighted by Gasteiger charge is 2.07. The smallest absolute Gasteiger partial charge is 0.131 e. The van der Waals surface area contributed by atoms with Crippen molar-refractivity contribution in [1.82, 2.24) is 0 Å². The molecule has 0 bridgehead atoms. The number of carbonyl (C=O) groups excluding carboxylic acids is 1. The topological polar surface area (TPSA) is 17.1 Å². The normalized spacial score (nSPS) is 11.5. The molecule has 0 saturated heterocycles. The number of hydrogen-bond acceptors (Lipinski definition) is 1. The quantitative estimate of drug-likeness (QED) is 0.514. The first kappa shape index (κ1) is 15.5. The van der Waals surface area contributed by atoms with Gasteiger partial charge in [-0.2, -0.15) is 0 Å². The van der Waals surface area contributed by atoms with Crippen LogP contribution in [-0.2, 0) is 4.79 Å². The fourth-order valence-electron chi connectivity index (χ4n) is 2.10. The summed E-state index contributed by atoms with van der Waals surface area (Å²) >= 11 is 0. The summed E-state index contributed by atoms with van der Waals surface area (Å²) in [7, 11) is 0. The number of ketones is 1. The van der Waals surface area contributed by atoms with E-state index in [0.29, 0.717) is 6.42 Å². The van der Waals surface area contributed by atoms with Gasteiger partial charge in [0.1, 0.15) is 5.78 Å². The van der Waals surface area contributed by atoms with Crippen molar-refractivity contribution in [1.29, 1.82) is 0 Å². The molecule has 1 aromatic rings. The Morgan fingerprint density at radius 1 is 1.16 bits per heavy atom. The number of carbonyl (C=O) groups is 1. The molecule has 1 atom stereocenters. The maximum Gasteiger partial charge on any atom is 0.131 e. The first-order valence-electron chi connectivity index (χ1n) is 7.28. The van der Waals surface area contributed by atoms with Gasteiger partial charge in [0, 0.05) is 17.9 Å². The lowest BCUT2D eigenvalue weighted by molar-refractivity contribution is -0.117. The molecule has 1 heteroatoms. The van der Waals surface area contributed by atoms with Crippen LogP contribution >= 0.6 is 0 Å². The number of hydrogen-bond donors (Lipinski definition) is 0. The predicted molar refractivity (Wildman–Crippen MR) is 80.9 cm³/mol. The standard InChI is InChI=1S/C18H24O/c1-3-4-5-7-12-18(15-16(2)19)14-13-17-10-8-6-9-11-17/h6,8-11,18H,3-5,7,12,15H2,1-2H3. The Kier molecular flexibility index (Phi) is 7.66. The third kappa shape index (κ3) is 7.47. The van der Waals surface area contributed by atoms with E-state index in [1.165, 1.54) is 25.7 Å². The summed E-state index contributed by atoms with van der Waals surface area (Å²) in [5, 5.41) is 0. The first-order chi connectivity index (χ1) is 9.22. The fourth-order valence-corrected chi connectivity index (χ4v) is 2.10. The van der Waals surface area contributed by atoms with Gasteiger partial charge in [-0.15, -0.1) is 0 Å². The molecule has 0 aliphatic carbocycles. The number of Topliss-reactive ketones (excluding diaryl/α,β-unsaturated/α-hetero) is 1. The molecule has 0 radical (unpaired) electrons. The van der Waals surface area contributed by atoms with Crippen LogP contribution in [0.15, 0.2) is 30.3 Å². The van der Waals surface area contributed by atoms with Gasteiger partial charge in [0.2, 0.25) is 0 Å². The van der Waals surface area contributed by atoms with Gasteiger partial charge in [-0.3, -0.25) is 4.79 Å². The van der Waals surface area contributed by atoms with Gasteiger partial charge in [0.15, 0.2) is 0 Å². The lowest BCUT2D eigenvalue weighted by Crippen LogP contribution is -2.04. The average molecular weight is 256 g/mol. The maximum absolute atomic E-state index is 11.3. The summed E-state index contributed by atoms with van der Waals surface area (Å²) in [6.07, 6.45) is 6.57. The van der Waals surface area contributed by atoms with Gasteiger partial charge < -0.3 is 0 Å². The average Bonchev–Trinajstić information content (AvgIpc) is 2.41. The highest BCUT2D eigenvalue weighted by Crippen LogP contribution is 2.14. The van der Waals surface area contributed by atoms with E-state index in [-0.39, 0.29) is 11.7 Å². The van der Waals surface area contributed by atoms with Gasteiger partial charge in [-0.1, -0.05) is 62.6 Å². The highest BCUT2D eigenvalue weighted by molar-refractivity contribution is 5.76. The zero-order valence-corrected chi connectivity index (χ0v) is 12.1. The van der Waals surface area contributed by atoms with Crippen molar-refractivity contribution >= 4 is 5.78 Å². The molecule has 0 fully saturated rings. The lowest BCUT2D eigenvalue weighted by Gasteiger charge is -2.08. The van der Waals surface area contributed by atoms with E-state index in [1.807, 2.05) is 30.3 Å². The minimum atomic E-state index is 0.217. The zero-order chi connectivity index (χ0) is 13.9. The molecular weight excluding hydrogens is 232 g/mol. The Morgan fingerprint density at radius 2 is 1.89 bits per heavy atom. The van der Waals surface area contributed by atoms with Crippen LogP contribution in [0.1, 0.15) is 57.9 Å². The number of benzene rings is 1. The molecule has 0 spiro atoms. The van der Waals surface area contributed by atoms with Crippen LogP contribution in [0.25, 0.3) is 0 Å². The van der Waals surface area contributed by atoms with Crippen molar-refractivity contribution in [3.63, 3.8) is 0 Å². The third-order valence-electron chi connectivity index (χ3n) is 3.13. The molecule has 0 aliphatic heterocycles. The molecule has 1 nitrogen and oxygen atoms in total. The maximum atomic E-state index is 11.3. The zero-order valence-electron chi connectivity index (χ0n) is 12.1. The van der Waals surface area contributed by atoms with E-state index in [1.54, 1.807) is 6.92 Å². The minimum Gasteiger partial charge on any atom is -0.300 e. The van der Waals surface area contributed by atoms with Crippen molar-refractivity contribution in [2.75, 3.05) is 0 Å². The van der Waals surface area contributed by atoms with E-state index in [4.69, 9.17) is 0 Å². The molecule has 19 heavy (non-hydrogen) atoms. The molecule has 0 N–H and O–H groups in total. The van der Waals surface area contributed by atoms with E-state index in [0.717, 1.165) is 12.0 Å². The van der Waals surface area contributed by atoms with Crippen molar-refractivity contribution in [3.05, 3.63) is 35.9 Å². The van der Waals surface area contributed by atoms with Crippen LogP contribution in [-0.4, -0.2) is 5.78 Å². The molecule has 1 unspecified atom stereocenters. The van der Waals surface area contributed by atoms with Crippen molar-refractivity contribution in [2.24, 2.45) is 5.92 Å². The van der Waals surface area contributed by atoms with Crippen LogP contribution in [0, 0.1) is 17.8 Å². The molecule has 102 valence electrons. The predicted octanol–water partition coefficient (Wildman–Crippen LogP) is 4.60. The van der Waals surface area contributed by atoms with Crippen molar-refractivity contribution < 1.29 is 4.79 Å². The molecule has 1 rings (SSSR count). The monoisotopic (exact) mass is 256 g/mol. The van der Waals surface area contributed by atoms with Crippen LogP contribution in [0.5, 0.6) is 0 Å². The minimum absolute atomic E-state index is 0.217. The molecule has 0 aromatic heterocycles. The Hall–Kier alpha value is -1.55. The number of unbranched alkanes of at least 4 members (excludes halogenated alkanes) is 3. The molecule has 0 aliphatic rings. The van der Waals surface area contributed by atoms with Crippen LogP contribution in [0.4, 0.5) is 0 Å². The van der Waals surface area contributed by atoms with E-state index in [2.05, 4.69) is 18.8 Å². The van der Waals surface area contributed by atoms with Gasteiger partial charge in [0.05, 0.1) is 0 Å². The third-order valence-corrected chi connectivity index (χ3v) is 3.13. The lowest BCUT2D eigenvalue weighted by atomic mass is 9.96. The van der Waals surface area contributed by atoms with Gasteiger partial charge in [0.25, 0.3) is 0 Å². The summed E-state index contributed by atoms with van der Waals surface area (Å²) in [6, 6.07) is 9.99. The largest absolute Gasteiger partial charge is 0.300 e. The Labute approximate surface area is 117 Å². The van der Waals surface area contributed by atoms with E-state index >= 15 is 0 Å². The summed E-state index contributed by atoms with van der Waals surface area (Å²) in [5.74, 6) is 6.92. The summed E-state index contributed by atoms with van der Waals surface area (Å²) < 4.78 is 0. The van der Waals surface area contributed by atoms with Gasteiger partial charge in [-0.25, -0.2) is 0 Å². The second kappa shape index (κ2) is 9.39. The van der Waals surface area contributed by atoms with Crippen LogP contribution in [0.3, 0.4) is 0 Å². The highest BCUT2D eigenvalue weighted by atomic mass is 16.1. The van der Waals surface area contributed by atoms with Gasteiger partial charge >= 0.3 is 0 Å². The van der Waals surface area contributed by atoms with Crippen LogP contribution in [0.2, 0.25) is 0 Å². The Morgan fingerprint density at radius 3 is 2.53 bits per heavy atom. The second-order valence-corrected chi connectivity index (χ2v) is 5.09. The fraction of sp³-hybridized carbons (Fsp3) is 0.500. The molecule has 0 amide bonds. The SMILES string of the molecule is CCCCCCC(C#Cc1ccccc1)CC(C)=O. The second-order valence-electron chi connectivity index (χ2n) is 5.09. The van der Waals surface area contributed by atoms with Crippen LogP contribution < -0.4 is 0 Å². The number of rotatable bonds is 7. The molecule has 0 saturated carbocycles. The summed E-state index contributed by atoms with van der Waals surface area (Å²) in [6.45, 7) is 3.87.